The van der Waals surface area contributed by atoms with Gasteiger partial charge >= 0.3 is 0 Å². The molecule has 3 heteroatoms. The molecule has 2 N–H and O–H groups in total. The molecule has 0 aromatic heterocycles. The first-order chi connectivity index (χ1) is 9.75. The van der Waals surface area contributed by atoms with Crippen LogP contribution in [-0.2, 0) is 4.74 Å². The van der Waals surface area contributed by atoms with Crippen LogP contribution >= 0.6 is 0 Å². The lowest BCUT2D eigenvalue weighted by atomic mass is 9.70. The van der Waals surface area contributed by atoms with Crippen molar-refractivity contribution in [1.29, 1.82) is 0 Å². The Morgan fingerprint density at radius 3 is 2.05 bits per heavy atom. The Balaban J connectivity index is 2.77. The Labute approximate surface area is 129 Å². The highest BCUT2D eigenvalue weighted by molar-refractivity contribution is 5.30. The Hall–Kier alpha value is -1.06. The summed E-state index contributed by atoms with van der Waals surface area (Å²) in [6.07, 6.45) is -0.275. The standard InChI is InChI=1S/C18H31NO2/c1-13(2)17(18(4,5)6)15-7-9-16(10-8-15)21-14(3)20-12-11-19/h7-10,13-14,17H,11-12,19H2,1-6H3. The van der Waals surface area contributed by atoms with E-state index in [2.05, 4.69) is 46.8 Å². The molecule has 2 atom stereocenters. The van der Waals surface area contributed by atoms with Gasteiger partial charge in [0.25, 0.3) is 0 Å². The summed E-state index contributed by atoms with van der Waals surface area (Å²) in [5, 5.41) is 0. The third-order valence-corrected chi connectivity index (χ3v) is 3.61. The highest BCUT2D eigenvalue weighted by Crippen LogP contribution is 2.40. The summed E-state index contributed by atoms with van der Waals surface area (Å²) in [6.45, 7) is 14.4. The number of nitrogens with two attached hydrogens (primary N) is 1. The van der Waals surface area contributed by atoms with Crippen LogP contribution in [0.4, 0.5) is 0 Å². The summed E-state index contributed by atoms with van der Waals surface area (Å²) in [4.78, 5) is 0. The molecule has 0 aliphatic heterocycles. The normalized spacial score (nSPS) is 15.0. The van der Waals surface area contributed by atoms with Gasteiger partial charge in [0.2, 0.25) is 0 Å². The van der Waals surface area contributed by atoms with Gasteiger partial charge in [-0.25, -0.2) is 0 Å². The molecule has 120 valence electrons. The largest absolute Gasteiger partial charge is 0.465 e. The van der Waals surface area contributed by atoms with Crippen molar-refractivity contribution in [3.8, 4) is 5.75 Å². The summed E-state index contributed by atoms with van der Waals surface area (Å²) in [7, 11) is 0. The van der Waals surface area contributed by atoms with Crippen molar-refractivity contribution in [2.24, 2.45) is 17.1 Å². The quantitative estimate of drug-likeness (QED) is 0.767. The van der Waals surface area contributed by atoms with Gasteiger partial charge in [-0.15, -0.1) is 0 Å². The maximum Gasteiger partial charge on any atom is 0.197 e. The Bertz CT molecular complexity index is 406. The van der Waals surface area contributed by atoms with Gasteiger partial charge in [-0.05, 0) is 41.9 Å². The first-order valence-corrected chi connectivity index (χ1v) is 7.84. The molecule has 21 heavy (non-hydrogen) atoms. The molecule has 3 nitrogen and oxygen atoms in total. The molecule has 0 aliphatic carbocycles. The monoisotopic (exact) mass is 293 g/mol. The van der Waals surface area contributed by atoms with Crippen LogP contribution in [0.5, 0.6) is 5.75 Å². The summed E-state index contributed by atoms with van der Waals surface area (Å²) >= 11 is 0. The number of benzene rings is 1. The molecule has 0 fully saturated rings. The van der Waals surface area contributed by atoms with Gasteiger partial charge in [-0.1, -0.05) is 46.8 Å². The van der Waals surface area contributed by atoms with Gasteiger partial charge < -0.3 is 15.2 Å². The molecule has 0 spiro atoms. The van der Waals surface area contributed by atoms with Crippen molar-refractivity contribution in [3.05, 3.63) is 29.8 Å². The Morgan fingerprint density at radius 2 is 1.62 bits per heavy atom. The summed E-state index contributed by atoms with van der Waals surface area (Å²) in [5.74, 6) is 1.96. The molecule has 1 aromatic carbocycles. The molecular weight excluding hydrogens is 262 g/mol. The molecule has 0 radical (unpaired) electrons. The van der Waals surface area contributed by atoms with E-state index in [4.69, 9.17) is 15.2 Å². The van der Waals surface area contributed by atoms with Crippen molar-refractivity contribution < 1.29 is 9.47 Å². The van der Waals surface area contributed by atoms with Crippen LogP contribution < -0.4 is 10.5 Å². The minimum atomic E-state index is -0.275. The number of hydrogen-bond acceptors (Lipinski definition) is 3. The summed E-state index contributed by atoms with van der Waals surface area (Å²) in [6, 6.07) is 8.39. The van der Waals surface area contributed by atoms with E-state index in [1.807, 2.05) is 19.1 Å². The van der Waals surface area contributed by atoms with Crippen LogP contribution in [0.25, 0.3) is 0 Å². The number of ether oxygens (including phenoxy) is 2. The van der Waals surface area contributed by atoms with Crippen molar-refractivity contribution in [1.82, 2.24) is 0 Å². The first kappa shape index (κ1) is 18.0. The predicted octanol–water partition coefficient (Wildman–Crippen LogP) is 4.17. The zero-order valence-electron chi connectivity index (χ0n) is 14.3. The van der Waals surface area contributed by atoms with E-state index in [1.54, 1.807) is 0 Å². The van der Waals surface area contributed by atoms with Gasteiger partial charge in [-0.2, -0.15) is 0 Å². The third-order valence-electron chi connectivity index (χ3n) is 3.61. The zero-order chi connectivity index (χ0) is 16.0. The lowest BCUT2D eigenvalue weighted by Crippen LogP contribution is -2.23. The van der Waals surface area contributed by atoms with E-state index in [9.17, 15) is 0 Å². The second-order valence-corrected chi connectivity index (χ2v) is 7.00. The number of rotatable bonds is 7. The van der Waals surface area contributed by atoms with Gasteiger partial charge in [0.05, 0.1) is 6.61 Å². The topological polar surface area (TPSA) is 44.5 Å². The molecule has 2 unspecified atom stereocenters. The lowest BCUT2D eigenvalue weighted by Gasteiger charge is -2.34. The van der Waals surface area contributed by atoms with Crippen molar-refractivity contribution >= 4 is 0 Å². The number of hydrogen-bond donors (Lipinski definition) is 1. The minimum Gasteiger partial charge on any atom is -0.465 e. The lowest BCUT2D eigenvalue weighted by molar-refractivity contribution is -0.0634. The minimum absolute atomic E-state index is 0.244. The van der Waals surface area contributed by atoms with Crippen molar-refractivity contribution in [3.63, 3.8) is 0 Å². The van der Waals surface area contributed by atoms with Gasteiger partial charge in [0.15, 0.2) is 6.29 Å². The van der Waals surface area contributed by atoms with Crippen LogP contribution in [0, 0.1) is 11.3 Å². The molecule has 1 aromatic rings. The van der Waals surface area contributed by atoms with Crippen LogP contribution in [0.15, 0.2) is 24.3 Å². The third kappa shape index (κ3) is 5.68. The average molecular weight is 293 g/mol. The Kier molecular flexibility index (Phi) is 6.69. The van der Waals surface area contributed by atoms with E-state index in [0.29, 0.717) is 25.0 Å². The highest BCUT2D eigenvalue weighted by Gasteiger charge is 2.28. The first-order valence-electron chi connectivity index (χ1n) is 7.84. The molecule has 1 rings (SSSR count). The molecular formula is C18H31NO2. The van der Waals surface area contributed by atoms with Gasteiger partial charge in [-0.3, -0.25) is 0 Å². The predicted molar refractivity (Wildman–Crippen MR) is 88.6 cm³/mol. The fourth-order valence-electron chi connectivity index (χ4n) is 3.10. The van der Waals surface area contributed by atoms with E-state index in [0.717, 1.165) is 5.75 Å². The molecule has 0 amide bonds. The highest BCUT2D eigenvalue weighted by atomic mass is 16.7. The summed E-state index contributed by atoms with van der Waals surface area (Å²) in [5.41, 5.74) is 7.02. The van der Waals surface area contributed by atoms with E-state index in [1.165, 1.54) is 5.56 Å². The fraction of sp³-hybridized carbons (Fsp3) is 0.667. The van der Waals surface area contributed by atoms with E-state index >= 15 is 0 Å². The van der Waals surface area contributed by atoms with Crippen molar-refractivity contribution in [2.45, 2.75) is 53.8 Å². The van der Waals surface area contributed by atoms with E-state index < -0.39 is 0 Å². The maximum absolute atomic E-state index is 5.72. The average Bonchev–Trinajstić information content (AvgIpc) is 2.36. The van der Waals surface area contributed by atoms with Crippen LogP contribution in [0.3, 0.4) is 0 Å². The molecule has 0 saturated carbocycles. The second-order valence-electron chi connectivity index (χ2n) is 7.00. The van der Waals surface area contributed by atoms with E-state index in [-0.39, 0.29) is 11.7 Å². The van der Waals surface area contributed by atoms with Crippen LogP contribution in [-0.4, -0.2) is 19.4 Å². The second kappa shape index (κ2) is 7.81. The molecule has 0 saturated heterocycles. The SMILES string of the molecule is CC(OCCN)Oc1ccc(C(C(C)C)C(C)(C)C)cc1. The smallest absolute Gasteiger partial charge is 0.197 e. The fourth-order valence-corrected chi connectivity index (χ4v) is 3.10. The molecule has 0 aliphatic rings. The van der Waals surface area contributed by atoms with Gasteiger partial charge in [0.1, 0.15) is 5.75 Å². The Morgan fingerprint density at radius 1 is 1.05 bits per heavy atom. The van der Waals surface area contributed by atoms with Crippen LogP contribution in [0.1, 0.15) is 53.0 Å². The summed E-state index contributed by atoms with van der Waals surface area (Å²) < 4.78 is 11.1. The molecule has 0 heterocycles. The van der Waals surface area contributed by atoms with Crippen molar-refractivity contribution in [2.75, 3.05) is 13.2 Å². The molecule has 0 bridgehead atoms. The van der Waals surface area contributed by atoms with Gasteiger partial charge in [0, 0.05) is 6.54 Å². The van der Waals surface area contributed by atoms with Crippen LogP contribution in [0.2, 0.25) is 0 Å². The maximum atomic E-state index is 5.72. The zero-order valence-corrected chi connectivity index (χ0v) is 14.3.